The van der Waals surface area contributed by atoms with Crippen LogP contribution in [0.15, 0.2) is 11.8 Å². The minimum Gasteiger partial charge on any atom is -0.498 e. The van der Waals surface area contributed by atoms with E-state index in [-0.39, 0.29) is 35.5 Å². The topological polar surface area (TPSA) is 111 Å². The molecule has 2 saturated carbocycles. The molecule has 0 aromatic heterocycles. The van der Waals surface area contributed by atoms with Gasteiger partial charge in [0.1, 0.15) is 11.4 Å². The first-order valence-electron chi connectivity index (χ1n) is 7.98. The Kier molecular flexibility index (Phi) is 2.39. The van der Waals surface area contributed by atoms with E-state index in [0.717, 1.165) is 0 Å². The summed E-state index contributed by atoms with van der Waals surface area (Å²) in [6.07, 6.45) is 1.82. The molecule has 8 nitrogen and oxygen atoms in total. The molecule has 6 rings (SSSR count). The Hall–Kier alpha value is -2.22. The molecule has 2 saturated heterocycles. The Morgan fingerprint density at radius 1 is 0.917 bits per heavy atom. The lowest BCUT2D eigenvalue weighted by Gasteiger charge is -2.65. The van der Waals surface area contributed by atoms with Crippen molar-refractivity contribution in [3.8, 4) is 0 Å². The van der Waals surface area contributed by atoms with Gasteiger partial charge in [0, 0.05) is 13.0 Å². The van der Waals surface area contributed by atoms with Crippen molar-refractivity contribution in [2.24, 2.45) is 41.4 Å². The van der Waals surface area contributed by atoms with Crippen molar-refractivity contribution in [2.45, 2.75) is 5.60 Å². The Morgan fingerprint density at radius 2 is 1.54 bits per heavy atom. The molecule has 2 N–H and O–H groups in total. The predicted molar refractivity (Wildman–Crippen MR) is 75.6 cm³/mol. The number of carbonyl (C=O) groups is 4. The van der Waals surface area contributed by atoms with Gasteiger partial charge in [-0.15, -0.1) is 0 Å². The molecule has 2 aliphatic heterocycles. The monoisotopic (exact) mass is 332 g/mol. The number of methoxy groups -OCH3 is 2. The van der Waals surface area contributed by atoms with Crippen molar-refractivity contribution in [2.75, 3.05) is 14.2 Å². The number of amides is 4. The molecule has 8 atom stereocenters. The van der Waals surface area contributed by atoms with Gasteiger partial charge in [0.25, 0.3) is 0 Å². The molecular weight excluding hydrogens is 316 g/mol. The smallest absolute Gasteiger partial charge is 0.233 e. The van der Waals surface area contributed by atoms with E-state index in [0.29, 0.717) is 5.76 Å². The predicted octanol–water partition coefficient (Wildman–Crippen LogP) is -1.43. The van der Waals surface area contributed by atoms with E-state index >= 15 is 0 Å². The summed E-state index contributed by atoms with van der Waals surface area (Å²) >= 11 is 0. The third-order valence-electron chi connectivity index (χ3n) is 6.75. The van der Waals surface area contributed by atoms with Gasteiger partial charge in [-0.2, -0.15) is 0 Å². The summed E-state index contributed by atoms with van der Waals surface area (Å²) in [6.45, 7) is 0. The largest absolute Gasteiger partial charge is 0.498 e. The van der Waals surface area contributed by atoms with Gasteiger partial charge in [0.15, 0.2) is 0 Å². The zero-order valence-electron chi connectivity index (χ0n) is 13.1. The number of rotatable bonds is 2. The fourth-order valence-electron chi connectivity index (χ4n) is 6.09. The Bertz CT molecular complexity index is 760. The molecule has 126 valence electrons. The van der Waals surface area contributed by atoms with Crippen LogP contribution in [0.2, 0.25) is 0 Å². The molecule has 0 radical (unpaired) electrons. The third kappa shape index (κ3) is 1.18. The fraction of sp³-hybridized carbons (Fsp3) is 0.625. The first-order valence-corrected chi connectivity index (χ1v) is 7.98. The van der Waals surface area contributed by atoms with E-state index in [4.69, 9.17) is 9.47 Å². The molecule has 0 unspecified atom stereocenters. The number of fused-ring (bicyclic) bond motifs is 1. The molecule has 2 heterocycles. The van der Waals surface area contributed by atoms with E-state index in [2.05, 4.69) is 10.6 Å². The van der Waals surface area contributed by atoms with E-state index in [9.17, 15) is 19.2 Å². The van der Waals surface area contributed by atoms with E-state index < -0.39 is 35.2 Å². The van der Waals surface area contributed by atoms with Crippen LogP contribution in [0.4, 0.5) is 0 Å². The quantitative estimate of drug-likeness (QED) is 0.600. The fourth-order valence-corrected chi connectivity index (χ4v) is 6.09. The minimum absolute atomic E-state index is 0.196. The maximum absolute atomic E-state index is 12.5. The summed E-state index contributed by atoms with van der Waals surface area (Å²) in [5, 5.41) is 4.77. The van der Waals surface area contributed by atoms with Crippen molar-refractivity contribution in [3.05, 3.63) is 11.8 Å². The molecule has 6 aliphatic rings. The molecule has 4 amide bonds. The van der Waals surface area contributed by atoms with Crippen LogP contribution in [0.5, 0.6) is 0 Å². The van der Waals surface area contributed by atoms with Crippen LogP contribution in [-0.2, 0) is 28.7 Å². The van der Waals surface area contributed by atoms with Gasteiger partial charge < -0.3 is 9.47 Å². The summed E-state index contributed by atoms with van der Waals surface area (Å²) in [5.74, 6) is -4.03. The second kappa shape index (κ2) is 4.05. The zero-order valence-corrected chi connectivity index (χ0v) is 13.1. The highest BCUT2D eigenvalue weighted by molar-refractivity contribution is 6.09. The van der Waals surface area contributed by atoms with Crippen molar-refractivity contribution >= 4 is 23.6 Å². The summed E-state index contributed by atoms with van der Waals surface area (Å²) in [4.78, 5) is 49.3. The zero-order chi connectivity index (χ0) is 17.0. The maximum atomic E-state index is 12.5. The van der Waals surface area contributed by atoms with Crippen LogP contribution >= 0.6 is 0 Å². The van der Waals surface area contributed by atoms with Crippen molar-refractivity contribution in [1.29, 1.82) is 0 Å². The molecule has 0 aromatic rings. The second-order valence-corrected chi connectivity index (χ2v) is 7.17. The number of nitrogens with one attached hydrogen (secondary N) is 2. The highest BCUT2D eigenvalue weighted by Crippen LogP contribution is 2.70. The summed E-state index contributed by atoms with van der Waals surface area (Å²) in [5.41, 5.74) is -1.18. The van der Waals surface area contributed by atoms with Crippen molar-refractivity contribution in [1.82, 2.24) is 10.6 Å². The lowest BCUT2D eigenvalue weighted by Crippen LogP contribution is -2.73. The van der Waals surface area contributed by atoms with Crippen LogP contribution < -0.4 is 10.6 Å². The molecule has 8 heteroatoms. The van der Waals surface area contributed by atoms with Gasteiger partial charge in [0.2, 0.25) is 23.6 Å². The van der Waals surface area contributed by atoms with Gasteiger partial charge in [-0.05, 0) is 17.9 Å². The molecule has 0 aromatic carbocycles. The number of ether oxygens (including phenoxy) is 2. The van der Waals surface area contributed by atoms with E-state index in [1.807, 2.05) is 6.08 Å². The summed E-state index contributed by atoms with van der Waals surface area (Å²) < 4.78 is 11.3. The van der Waals surface area contributed by atoms with Crippen LogP contribution in [0.1, 0.15) is 0 Å². The van der Waals surface area contributed by atoms with Crippen molar-refractivity contribution < 1.29 is 28.7 Å². The van der Waals surface area contributed by atoms with Gasteiger partial charge in [0.05, 0.1) is 30.8 Å². The highest BCUT2D eigenvalue weighted by Gasteiger charge is 2.80. The van der Waals surface area contributed by atoms with Gasteiger partial charge in [-0.25, -0.2) is 0 Å². The van der Waals surface area contributed by atoms with E-state index in [1.54, 1.807) is 0 Å². The molecular formula is C16H16N2O6. The average Bonchev–Trinajstić information content (AvgIpc) is 2.95. The number of hydrogen-bond acceptors (Lipinski definition) is 6. The Balaban J connectivity index is 1.74. The Morgan fingerprint density at radius 3 is 2.21 bits per heavy atom. The van der Waals surface area contributed by atoms with Crippen LogP contribution in [0.25, 0.3) is 0 Å². The van der Waals surface area contributed by atoms with Crippen LogP contribution in [0.3, 0.4) is 0 Å². The lowest BCUT2D eigenvalue weighted by molar-refractivity contribution is -0.240. The van der Waals surface area contributed by atoms with E-state index in [1.165, 1.54) is 14.2 Å². The lowest BCUT2D eigenvalue weighted by atomic mass is 9.38. The summed E-state index contributed by atoms with van der Waals surface area (Å²) in [7, 11) is 2.95. The average molecular weight is 332 g/mol. The third-order valence-corrected chi connectivity index (χ3v) is 6.75. The summed E-state index contributed by atoms with van der Waals surface area (Å²) in [6, 6.07) is 0. The minimum atomic E-state index is -1.18. The number of hydrogen-bond donors (Lipinski definition) is 2. The molecule has 0 spiro atoms. The first kappa shape index (κ1) is 14.2. The molecule has 4 fully saturated rings. The Labute approximate surface area is 136 Å². The SMILES string of the molecule is COC1=C[C@H]2[C@H]3C(=O)NC(=O)[C@H]3[C@]1(OC)[C@H]1[C@@H]3C(=O)NC(=O)[C@@H]3[C@@H]21. The van der Waals surface area contributed by atoms with Crippen LogP contribution in [-0.4, -0.2) is 43.4 Å². The number of carbonyl (C=O) groups excluding carboxylic acids is 4. The number of imide groups is 2. The first-order chi connectivity index (χ1) is 11.5. The van der Waals surface area contributed by atoms with Gasteiger partial charge in [-0.3, -0.25) is 29.8 Å². The number of allylic oxidation sites excluding steroid dienone is 1. The molecule has 4 aliphatic carbocycles. The molecule has 2 bridgehead atoms. The van der Waals surface area contributed by atoms with Crippen molar-refractivity contribution in [3.63, 3.8) is 0 Å². The second-order valence-electron chi connectivity index (χ2n) is 7.17. The maximum Gasteiger partial charge on any atom is 0.233 e. The van der Waals surface area contributed by atoms with Crippen LogP contribution in [0, 0.1) is 41.4 Å². The standard InChI is InChI=1S/C16H16N2O6/c1-23-5-3-4-6-8-9(14(21)17-13(8)20)10(6)16(5,24-2)11-7(4)12(19)18-15(11)22/h3-4,6-11H,1-2H3,(H,17,20,21)(H,18,19,22)/t4-,6-,7-,8-,9-,10-,11+,16-/m1/s1. The van der Waals surface area contributed by atoms with Gasteiger partial charge >= 0.3 is 0 Å². The normalized spacial score (nSPS) is 50.4. The highest BCUT2D eigenvalue weighted by atomic mass is 16.5. The van der Waals surface area contributed by atoms with Gasteiger partial charge in [-0.1, -0.05) is 0 Å². The molecule has 24 heavy (non-hydrogen) atoms.